The minimum Gasteiger partial charge on any atom is -0.489 e. The van der Waals surface area contributed by atoms with Gasteiger partial charge in [0.05, 0.1) is 13.3 Å². The molecule has 1 unspecified atom stereocenters. The van der Waals surface area contributed by atoms with E-state index in [4.69, 9.17) is 14.2 Å². The molecule has 1 N–H and O–H groups in total. The first kappa shape index (κ1) is 18.5. The van der Waals surface area contributed by atoms with Crippen molar-refractivity contribution in [3.8, 4) is 5.75 Å². The number of methoxy groups -OCH3 is 1. The van der Waals surface area contributed by atoms with E-state index in [9.17, 15) is 0 Å². The average Bonchev–Trinajstić information content (AvgIpc) is 2.60. The summed E-state index contributed by atoms with van der Waals surface area (Å²) in [7, 11) is 3.56. The lowest BCUT2D eigenvalue weighted by molar-refractivity contribution is 0.00231. The Morgan fingerprint density at radius 2 is 1.88 bits per heavy atom. The van der Waals surface area contributed by atoms with E-state index in [1.54, 1.807) is 7.11 Å². The third-order valence-electron chi connectivity index (χ3n) is 3.93. The number of hydrogen-bond acceptors (Lipinski definition) is 4. The molecule has 0 aliphatic heterocycles. The van der Waals surface area contributed by atoms with Crippen molar-refractivity contribution in [2.75, 3.05) is 27.5 Å². The van der Waals surface area contributed by atoms with Crippen LogP contribution in [0.4, 0.5) is 0 Å². The zero-order chi connectivity index (χ0) is 17.4. The second-order valence-corrected chi connectivity index (χ2v) is 5.85. The number of benzene rings is 2. The first-order valence-corrected chi connectivity index (χ1v) is 8.18. The van der Waals surface area contributed by atoms with E-state index in [0.29, 0.717) is 19.9 Å². The zero-order valence-electron chi connectivity index (χ0n) is 15.0. The molecule has 0 aliphatic rings. The van der Waals surface area contributed by atoms with Gasteiger partial charge in [-0.25, -0.2) is 0 Å². The van der Waals surface area contributed by atoms with Crippen LogP contribution in [0.5, 0.6) is 5.75 Å². The van der Waals surface area contributed by atoms with E-state index < -0.39 is 0 Å². The zero-order valence-corrected chi connectivity index (χ0v) is 15.0. The molecule has 0 heterocycles. The number of rotatable bonds is 9. The minimum absolute atomic E-state index is 0.114. The summed E-state index contributed by atoms with van der Waals surface area (Å²) in [5.74, 6) is 0.921. The fraction of sp³-hybridized carbons (Fsp3) is 0.400. The molecule has 2 rings (SSSR count). The molecule has 0 fully saturated rings. The van der Waals surface area contributed by atoms with Crippen molar-refractivity contribution in [2.24, 2.45) is 0 Å². The second kappa shape index (κ2) is 9.42. The smallest absolute Gasteiger partial charge is 0.122 e. The Kier molecular flexibility index (Phi) is 7.25. The SMILES string of the molecule is CNCOCC(OC)c1ccccc1COc1cc(C)ccc1C. The molecule has 0 aliphatic carbocycles. The molecule has 0 bridgehead atoms. The van der Waals surface area contributed by atoms with E-state index in [-0.39, 0.29) is 6.10 Å². The molecule has 130 valence electrons. The van der Waals surface area contributed by atoms with E-state index in [1.807, 2.05) is 19.2 Å². The predicted octanol–water partition coefficient (Wildman–Crippen LogP) is 3.76. The van der Waals surface area contributed by atoms with Gasteiger partial charge in [-0.3, -0.25) is 5.32 Å². The number of nitrogens with one attached hydrogen (secondary N) is 1. The van der Waals surface area contributed by atoms with Gasteiger partial charge in [0.25, 0.3) is 0 Å². The van der Waals surface area contributed by atoms with Gasteiger partial charge < -0.3 is 14.2 Å². The standard InChI is InChI=1S/C20H27NO3/c1-15-9-10-16(2)19(11-15)24-12-17-7-5-6-8-18(17)20(22-4)13-23-14-21-3/h5-11,20-21H,12-14H2,1-4H3. The molecule has 4 nitrogen and oxygen atoms in total. The molecule has 0 saturated heterocycles. The van der Waals surface area contributed by atoms with Crippen molar-refractivity contribution in [3.63, 3.8) is 0 Å². The molecule has 0 aromatic heterocycles. The van der Waals surface area contributed by atoms with Gasteiger partial charge in [0.15, 0.2) is 0 Å². The van der Waals surface area contributed by atoms with Crippen molar-refractivity contribution in [2.45, 2.75) is 26.6 Å². The molecular formula is C20H27NO3. The first-order valence-electron chi connectivity index (χ1n) is 8.18. The van der Waals surface area contributed by atoms with Gasteiger partial charge >= 0.3 is 0 Å². The van der Waals surface area contributed by atoms with Gasteiger partial charge in [0.2, 0.25) is 0 Å². The lowest BCUT2D eigenvalue weighted by atomic mass is 10.0. The number of aryl methyl sites for hydroxylation is 2. The van der Waals surface area contributed by atoms with Crippen molar-refractivity contribution in [1.82, 2.24) is 5.32 Å². The lowest BCUT2D eigenvalue weighted by Crippen LogP contribution is -2.18. The van der Waals surface area contributed by atoms with Gasteiger partial charge in [0, 0.05) is 7.11 Å². The first-order chi connectivity index (χ1) is 11.7. The van der Waals surface area contributed by atoms with Crippen LogP contribution in [0.15, 0.2) is 42.5 Å². The summed E-state index contributed by atoms with van der Waals surface area (Å²) >= 11 is 0. The quantitative estimate of drug-likeness (QED) is 0.562. The molecule has 0 radical (unpaired) electrons. The summed E-state index contributed by atoms with van der Waals surface area (Å²) in [5, 5.41) is 2.97. The van der Waals surface area contributed by atoms with Gasteiger partial charge in [-0.2, -0.15) is 0 Å². The Morgan fingerprint density at radius 1 is 1.08 bits per heavy atom. The molecule has 0 saturated carbocycles. The van der Waals surface area contributed by atoms with Gasteiger partial charge in [-0.05, 0) is 49.2 Å². The Balaban J connectivity index is 2.11. The van der Waals surface area contributed by atoms with Gasteiger partial charge in [-0.15, -0.1) is 0 Å². The van der Waals surface area contributed by atoms with Crippen molar-refractivity contribution in [3.05, 3.63) is 64.7 Å². The largest absolute Gasteiger partial charge is 0.489 e. The van der Waals surface area contributed by atoms with Gasteiger partial charge in [0.1, 0.15) is 18.5 Å². The minimum atomic E-state index is -0.114. The normalized spacial score (nSPS) is 12.2. The Morgan fingerprint density at radius 3 is 2.62 bits per heavy atom. The fourth-order valence-electron chi connectivity index (χ4n) is 2.55. The highest BCUT2D eigenvalue weighted by Crippen LogP contribution is 2.25. The predicted molar refractivity (Wildman–Crippen MR) is 96.3 cm³/mol. The topological polar surface area (TPSA) is 39.7 Å². The molecule has 0 spiro atoms. The Labute approximate surface area is 144 Å². The summed E-state index contributed by atoms with van der Waals surface area (Å²) in [6, 6.07) is 14.4. The third kappa shape index (κ3) is 5.06. The molecular weight excluding hydrogens is 302 g/mol. The Bertz CT molecular complexity index is 643. The van der Waals surface area contributed by atoms with Crippen LogP contribution in [0.3, 0.4) is 0 Å². The summed E-state index contributed by atoms with van der Waals surface area (Å²) < 4.78 is 17.2. The van der Waals surface area contributed by atoms with Crippen LogP contribution in [0.25, 0.3) is 0 Å². The highest BCUT2D eigenvalue weighted by molar-refractivity contribution is 5.37. The summed E-state index contributed by atoms with van der Waals surface area (Å²) in [6.45, 7) is 5.63. The van der Waals surface area contributed by atoms with Crippen LogP contribution < -0.4 is 10.1 Å². The summed E-state index contributed by atoms with van der Waals surface area (Å²) in [4.78, 5) is 0. The molecule has 0 amide bonds. The molecule has 2 aromatic carbocycles. The molecule has 1 atom stereocenters. The van der Waals surface area contributed by atoms with Crippen molar-refractivity contribution in [1.29, 1.82) is 0 Å². The lowest BCUT2D eigenvalue weighted by Gasteiger charge is -2.20. The second-order valence-electron chi connectivity index (χ2n) is 5.85. The van der Waals surface area contributed by atoms with Crippen LogP contribution in [-0.2, 0) is 16.1 Å². The maximum atomic E-state index is 6.06. The highest BCUT2D eigenvalue weighted by atomic mass is 16.5. The Hall–Kier alpha value is -1.88. The van der Waals surface area contributed by atoms with E-state index in [0.717, 1.165) is 22.4 Å². The van der Waals surface area contributed by atoms with Crippen LogP contribution in [-0.4, -0.2) is 27.5 Å². The summed E-state index contributed by atoms with van der Waals surface area (Å²) in [5.41, 5.74) is 4.54. The van der Waals surface area contributed by atoms with Gasteiger partial charge in [-0.1, -0.05) is 36.4 Å². The van der Waals surface area contributed by atoms with E-state index in [1.165, 1.54) is 5.56 Å². The van der Waals surface area contributed by atoms with Crippen molar-refractivity contribution < 1.29 is 14.2 Å². The average molecular weight is 329 g/mol. The number of ether oxygens (including phenoxy) is 3. The number of hydrogen-bond donors (Lipinski definition) is 1. The van der Waals surface area contributed by atoms with Crippen molar-refractivity contribution >= 4 is 0 Å². The maximum absolute atomic E-state index is 6.06. The maximum Gasteiger partial charge on any atom is 0.122 e. The molecule has 24 heavy (non-hydrogen) atoms. The van der Waals surface area contributed by atoms with E-state index >= 15 is 0 Å². The molecule has 4 heteroatoms. The van der Waals surface area contributed by atoms with Crippen LogP contribution in [0.1, 0.15) is 28.4 Å². The fourth-order valence-corrected chi connectivity index (χ4v) is 2.55. The summed E-state index contributed by atoms with van der Waals surface area (Å²) in [6.07, 6.45) is -0.114. The molecule has 2 aromatic rings. The van der Waals surface area contributed by atoms with Crippen LogP contribution in [0, 0.1) is 13.8 Å². The third-order valence-corrected chi connectivity index (χ3v) is 3.93. The van der Waals surface area contributed by atoms with Crippen LogP contribution in [0.2, 0.25) is 0 Å². The van der Waals surface area contributed by atoms with Crippen LogP contribution >= 0.6 is 0 Å². The monoisotopic (exact) mass is 329 g/mol. The highest BCUT2D eigenvalue weighted by Gasteiger charge is 2.15. The van der Waals surface area contributed by atoms with E-state index in [2.05, 4.69) is 49.5 Å².